The maximum absolute atomic E-state index is 12.3. The Morgan fingerprint density at radius 2 is 2.08 bits per heavy atom. The highest BCUT2D eigenvalue weighted by Gasteiger charge is 2.44. The number of carbonyl (C=O) groups excluding carboxylic acids is 1. The standard InChI is InChI=1S/C19H27N3O2/c23-18(21-13-15-4-5-15)17-6-7-19(24-17)8-11-22(12-9-19)14-16-3-1-2-10-20-16/h1-3,10,15,17H,4-9,11-14H2,(H,21,23)/t17-/m0/s1. The van der Waals surface area contributed by atoms with E-state index in [4.69, 9.17) is 4.74 Å². The van der Waals surface area contributed by atoms with Crippen molar-refractivity contribution >= 4 is 5.91 Å². The highest BCUT2D eigenvalue weighted by atomic mass is 16.5. The summed E-state index contributed by atoms with van der Waals surface area (Å²) < 4.78 is 6.25. The van der Waals surface area contributed by atoms with Crippen LogP contribution in [0.4, 0.5) is 0 Å². The minimum atomic E-state index is -0.230. The van der Waals surface area contributed by atoms with Gasteiger partial charge in [-0.25, -0.2) is 0 Å². The number of ether oxygens (including phenoxy) is 1. The van der Waals surface area contributed by atoms with Crippen LogP contribution in [0.3, 0.4) is 0 Å². The van der Waals surface area contributed by atoms with Gasteiger partial charge in [-0.3, -0.25) is 14.7 Å². The van der Waals surface area contributed by atoms with E-state index >= 15 is 0 Å². The summed E-state index contributed by atoms with van der Waals surface area (Å²) >= 11 is 0. The van der Waals surface area contributed by atoms with Gasteiger partial charge in [0.2, 0.25) is 5.91 Å². The number of nitrogens with zero attached hydrogens (tertiary/aromatic N) is 2. The molecule has 1 atom stereocenters. The van der Waals surface area contributed by atoms with Gasteiger partial charge in [-0.2, -0.15) is 0 Å². The predicted molar refractivity (Wildman–Crippen MR) is 91.3 cm³/mol. The van der Waals surface area contributed by atoms with Gasteiger partial charge < -0.3 is 10.1 Å². The second kappa shape index (κ2) is 6.81. The van der Waals surface area contributed by atoms with Gasteiger partial charge in [0.05, 0.1) is 11.3 Å². The lowest BCUT2D eigenvalue weighted by Crippen LogP contribution is -2.45. The van der Waals surface area contributed by atoms with Crippen molar-refractivity contribution in [2.45, 2.75) is 56.8 Å². The summed E-state index contributed by atoms with van der Waals surface area (Å²) in [6.07, 6.45) is 8.09. The van der Waals surface area contributed by atoms with Gasteiger partial charge >= 0.3 is 0 Å². The van der Waals surface area contributed by atoms with Crippen molar-refractivity contribution in [3.05, 3.63) is 30.1 Å². The molecular weight excluding hydrogens is 302 g/mol. The summed E-state index contributed by atoms with van der Waals surface area (Å²) in [5, 5.41) is 3.07. The van der Waals surface area contributed by atoms with Gasteiger partial charge in [0.15, 0.2) is 0 Å². The minimum Gasteiger partial charge on any atom is -0.362 e. The van der Waals surface area contributed by atoms with Crippen molar-refractivity contribution in [1.29, 1.82) is 0 Å². The molecule has 1 amide bonds. The zero-order chi connectivity index (χ0) is 16.4. The number of rotatable bonds is 5. The average molecular weight is 329 g/mol. The number of likely N-dealkylation sites (tertiary alicyclic amines) is 1. The molecule has 24 heavy (non-hydrogen) atoms. The normalized spacial score (nSPS) is 26.6. The van der Waals surface area contributed by atoms with E-state index < -0.39 is 0 Å². The van der Waals surface area contributed by atoms with E-state index in [2.05, 4.69) is 21.3 Å². The number of pyridine rings is 1. The van der Waals surface area contributed by atoms with Gasteiger partial charge in [-0.1, -0.05) is 6.07 Å². The summed E-state index contributed by atoms with van der Waals surface area (Å²) in [4.78, 5) is 19.1. The monoisotopic (exact) mass is 329 g/mol. The molecule has 5 nitrogen and oxygen atoms in total. The van der Waals surface area contributed by atoms with Crippen molar-refractivity contribution in [3.63, 3.8) is 0 Å². The van der Waals surface area contributed by atoms with Crippen LogP contribution in [-0.2, 0) is 16.1 Å². The Morgan fingerprint density at radius 1 is 1.25 bits per heavy atom. The maximum Gasteiger partial charge on any atom is 0.249 e. The predicted octanol–water partition coefficient (Wildman–Crippen LogP) is 2.12. The van der Waals surface area contributed by atoms with Gasteiger partial charge in [0.1, 0.15) is 6.10 Å². The first-order valence-corrected chi connectivity index (χ1v) is 9.30. The van der Waals surface area contributed by atoms with Crippen LogP contribution in [0.25, 0.3) is 0 Å². The van der Waals surface area contributed by atoms with E-state index in [1.165, 1.54) is 12.8 Å². The quantitative estimate of drug-likeness (QED) is 0.899. The van der Waals surface area contributed by atoms with Gasteiger partial charge in [-0.05, 0) is 56.6 Å². The smallest absolute Gasteiger partial charge is 0.249 e. The number of piperidine rings is 1. The van der Waals surface area contributed by atoms with Crippen LogP contribution >= 0.6 is 0 Å². The van der Waals surface area contributed by atoms with Crippen molar-refractivity contribution in [1.82, 2.24) is 15.2 Å². The maximum atomic E-state index is 12.3. The summed E-state index contributed by atoms with van der Waals surface area (Å²) in [6.45, 7) is 3.78. The van der Waals surface area contributed by atoms with E-state index in [0.29, 0.717) is 0 Å². The molecule has 3 heterocycles. The first kappa shape index (κ1) is 16.0. The van der Waals surface area contributed by atoms with Crippen molar-refractivity contribution < 1.29 is 9.53 Å². The second-order valence-corrected chi connectivity index (χ2v) is 7.61. The highest BCUT2D eigenvalue weighted by Crippen LogP contribution is 2.39. The Hall–Kier alpha value is -1.46. The minimum absolute atomic E-state index is 0.0673. The average Bonchev–Trinajstić information content (AvgIpc) is 3.36. The number of aromatic nitrogens is 1. The SMILES string of the molecule is O=C(NCC1CC1)[C@@H]1CCC2(CCN(Cc3ccccn3)CC2)O1. The van der Waals surface area contributed by atoms with Crippen molar-refractivity contribution in [3.8, 4) is 0 Å². The third-order valence-corrected chi connectivity index (χ3v) is 5.69. The van der Waals surface area contributed by atoms with E-state index in [9.17, 15) is 4.79 Å². The van der Waals surface area contributed by atoms with Gasteiger partial charge in [0.25, 0.3) is 0 Å². The first-order valence-electron chi connectivity index (χ1n) is 9.30. The zero-order valence-corrected chi connectivity index (χ0v) is 14.2. The van der Waals surface area contributed by atoms with Crippen molar-refractivity contribution in [2.24, 2.45) is 5.92 Å². The Morgan fingerprint density at radius 3 is 2.79 bits per heavy atom. The fraction of sp³-hybridized carbons (Fsp3) is 0.684. The van der Waals surface area contributed by atoms with Crippen LogP contribution in [0.5, 0.6) is 0 Å². The Kier molecular flexibility index (Phi) is 4.55. The number of carbonyl (C=O) groups is 1. The van der Waals surface area contributed by atoms with E-state index in [1.807, 2.05) is 18.3 Å². The molecule has 1 aliphatic carbocycles. The summed E-state index contributed by atoms with van der Waals surface area (Å²) in [5.41, 5.74) is 1.06. The molecule has 2 aliphatic heterocycles. The number of hydrogen-bond donors (Lipinski definition) is 1. The molecular formula is C19H27N3O2. The molecule has 0 unspecified atom stereocenters. The lowest BCUT2D eigenvalue weighted by atomic mass is 9.88. The molecule has 5 heteroatoms. The molecule has 1 aromatic rings. The summed E-state index contributed by atoms with van der Waals surface area (Å²) in [6, 6.07) is 6.07. The topological polar surface area (TPSA) is 54.5 Å². The molecule has 1 N–H and O–H groups in total. The van der Waals surface area contributed by atoms with Crippen LogP contribution in [0.15, 0.2) is 24.4 Å². The molecule has 130 valence electrons. The van der Waals surface area contributed by atoms with Gasteiger partial charge in [0, 0.05) is 32.4 Å². The summed E-state index contributed by atoms with van der Waals surface area (Å²) in [5.74, 6) is 0.828. The first-order chi connectivity index (χ1) is 11.7. The van der Waals surface area contributed by atoms with Crippen LogP contribution in [-0.4, -0.2) is 47.1 Å². The van der Waals surface area contributed by atoms with E-state index in [1.54, 1.807) is 0 Å². The van der Waals surface area contributed by atoms with Crippen LogP contribution in [0.1, 0.15) is 44.2 Å². The molecule has 0 radical (unpaired) electrons. The zero-order valence-electron chi connectivity index (χ0n) is 14.2. The Balaban J connectivity index is 1.25. The van der Waals surface area contributed by atoms with Crippen LogP contribution in [0.2, 0.25) is 0 Å². The number of hydrogen-bond acceptors (Lipinski definition) is 4. The van der Waals surface area contributed by atoms with Crippen molar-refractivity contribution in [2.75, 3.05) is 19.6 Å². The fourth-order valence-corrected chi connectivity index (χ4v) is 3.89. The lowest BCUT2D eigenvalue weighted by molar-refractivity contribution is -0.140. The molecule has 1 spiro atoms. The number of nitrogens with one attached hydrogen (secondary N) is 1. The third-order valence-electron chi connectivity index (χ3n) is 5.69. The molecule has 1 saturated carbocycles. The molecule has 0 aromatic carbocycles. The molecule has 3 fully saturated rings. The molecule has 3 aliphatic rings. The largest absolute Gasteiger partial charge is 0.362 e. The highest BCUT2D eigenvalue weighted by molar-refractivity contribution is 5.81. The molecule has 2 saturated heterocycles. The van der Waals surface area contributed by atoms with E-state index in [0.717, 1.165) is 63.5 Å². The fourth-order valence-electron chi connectivity index (χ4n) is 3.89. The third kappa shape index (κ3) is 3.78. The second-order valence-electron chi connectivity index (χ2n) is 7.61. The van der Waals surface area contributed by atoms with E-state index in [-0.39, 0.29) is 17.6 Å². The summed E-state index contributed by atoms with van der Waals surface area (Å²) in [7, 11) is 0. The molecule has 0 bridgehead atoms. The molecule has 1 aromatic heterocycles. The lowest BCUT2D eigenvalue weighted by Gasteiger charge is -2.38. The Bertz CT molecular complexity index is 565. The molecule has 4 rings (SSSR count). The van der Waals surface area contributed by atoms with Crippen LogP contribution < -0.4 is 5.32 Å². The van der Waals surface area contributed by atoms with Gasteiger partial charge in [-0.15, -0.1) is 0 Å². The number of amides is 1. The van der Waals surface area contributed by atoms with Crippen LogP contribution in [0, 0.1) is 5.92 Å². The Labute approximate surface area is 143 Å².